The highest BCUT2D eigenvalue weighted by Crippen LogP contribution is 2.30. The predicted octanol–water partition coefficient (Wildman–Crippen LogP) is 4.52. The standard InChI is InChI=1S/C18H16N4OS/c1-11-7-8-22-16(9-11)19-12(2)17(22)15-10-24-18(21-15)20-13-3-5-14(23)6-4-13/h3-10,23H,1-2H3,(H,20,21). The average Bonchev–Trinajstić information content (AvgIpc) is 3.12. The van der Waals surface area contributed by atoms with Gasteiger partial charge in [-0.25, -0.2) is 9.97 Å². The van der Waals surface area contributed by atoms with Gasteiger partial charge in [0.15, 0.2) is 5.13 Å². The van der Waals surface area contributed by atoms with Crippen LogP contribution in [0.15, 0.2) is 48.0 Å². The predicted molar refractivity (Wildman–Crippen MR) is 97.2 cm³/mol. The number of rotatable bonds is 3. The van der Waals surface area contributed by atoms with Crippen molar-refractivity contribution < 1.29 is 5.11 Å². The molecule has 3 aromatic heterocycles. The summed E-state index contributed by atoms with van der Waals surface area (Å²) >= 11 is 1.54. The van der Waals surface area contributed by atoms with E-state index in [1.54, 1.807) is 23.5 Å². The van der Waals surface area contributed by atoms with Crippen molar-refractivity contribution in [1.29, 1.82) is 0 Å². The van der Waals surface area contributed by atoms with Gasteiger partial charge in [-0.05, 0) is 55.8 Å². The summed E-state index contributed by atoms with van der Waals surface area (Å²) < 4.78 is 2.07. The minimum absolute atomic E-state index is 0.247. The maximum absolute atomic E-state index is 9.35. The van der Waals surface area contributed by atoms with Crippen molar-refractivity contribution in [3.63, 3.8) is 0 Å². The second-order valence-electron chi connectivity index (χ2n) is 5.69. The molecule has 3 heterocycles. The molecule has 0 aliphatic carbocycles. The molecule has 120 valence electrons. The number of aryl methyl sites for hydroxylation is 2. The van der Waals surface area contributed by atoms with Crippen molar-refractivity contribution in [1.82, 2.24) is 14.4 Å². The molecule has 0 saturated carbocycles. The SMILES string of the molecule is Cc1ccn2c(-c3csc(Nc4ccc(O)cc4)n3)c(C)nc2c1. The number of imidazole rings is 1. The third kappa shape index (κ3) is 2.61. The van der Waals surface area contributed by atoms with Crippen LogP contribution in [0.1, 0.15) is 11.3 Å². The van der Waals surface area contributed by atoms with Gasteiger partial charge in [0, 0.05) is 17.3 Å². The number of thiazole rings is 1. The molecule has 5 nitrogen and oxygen atoms in total. The third-order valence-electron chi connectivity index (χ3n) is 3.82. The normalized spacial score (nSPS) is 11.1. The van der Waals surface area contributed by atoms with Crippen LogP contribution < -0.4 is 5.32 Å². The summed E-state index contributed by atoms with van der Waals surface area (Å²) in [6.07, 6.45) is 2.03. The lowest BCUT2D eigenvalue weighted by Gasteiger charge is -2.02. The molecule has 0 aliphatic rings. The largest absolute Gasteiger partial charge is 0.508 e. The van der Waals surface area contributed by atoms with E-state index in [9.17, 15) is 5.11 Å². The van der Waals surface area contributed by atoms with Crippen molar-refractivity contribution in [2.45, 2.75) is 13.8 Å². The second-order valence-corrected chi connectivity index (χ2v) is 6.55. The molecule has 0 radical (unpaired) electrons. The lowest BCUT2D eigenvalue weighted by Crippen LogP contribution is -1.92. The summed E-state index contributed by atoms with van der Waals surface area (Å²) in [5, 5.41) is 15.4. The minimum atomic E-state index is 0.247. The minimum Gasteiger partial charge on any atom is -0.508 e. The lowest BCUT2D eigenvalue weighted by atomic mass is 10.2. The number of pyridine rings is 1. The number of phenolic OH excluding ortho intramolecular Hbond substituents is 1. The second kappa shape index (κ2) is 5.65. The molecule has 1 aromatic carbocycles. The first-order valence-corrected chi connectivity index (χ1v) is 8.45. The van der Waals surface area contributed by atoms with Crippen LogP contribution in [0.25, 0.3) is 17.0 Å². The number of hydrogen-bond acceptors (Lipinski definition) is 5. The van der Waals surface area contributed by atoms with E-state index in [1.807, 2.05) is 30.6 Å². The van der Waals surface area contributed by atoms with Crippen molar-refractivity contribution >= 4 is 27.8 Å². The van der Waals surface area contributed by atoms with E-state index in [-0.39, 0.29) is 5.75 Å². The molecule has 0 spiro atoms. The molecule has 0 bridgehead atoms. The van der Waals surface area contributed by atoms with Gasteiger partial charge in [-0.2, -0.15) is 0 Å². The van der Waals surface area contributed by atoms with E-state index in [1.165, 1.54) is 5.56 Å². The Hall–Kier alpha value is -2.86. The summed E-state index contributed by atoms with van der Waals surface area (Å²) in [7, 11) is 0. The molecule has 0 unspecified atom stereocenters. The molecule has 4 rings (SSSR count). The molecular weight excluding hydrogens is 320 g/mol. The van der Waals surface area contributed by atoms with E-state index in [0.717, 1.165) is 33.5 Å². The fourth-order valence-corrected chi connectivity index (χ4v) is 3.40. The van der Waals surface area contributed by atoms with Crippen molar-refractivity contribution in [2.24, 2.45) is 0 Å². The van der Waals surface area contributed by atoms with Gasteiger partial charge >= 0.3 is 0 Å². The van der Waals surface area contributed by atoms with Gasteiger partial charge in [-0.3, -0.25) is 4.40 Å². The van der Waals surface area contributed by atoms with Crippen molar-refractivity contribution in [3.8, 4) is 17.1 Å². The Morgan fingerprint density at radius 3 is 2.67 bits per heavy atom. The lowest BCUT2D eigenvalue weighted by molar-refractivity contribution is 0.475. The molecule has 6 heteroatoms. The van der Waals surface area contributed by atoms with Crippen LogP contribution in [-0.4, -0.2) is 19.5 Å². The number of hydrogen-bond donors (Lipinski definition) is 2. The van der Waals surface area contributed by atoms with Gasteiger partial charge < -0.3 is 10.4 Å². The van der Waals surface area contributed by atoms with Crippen LogP contribution in [-0.2, 0) is 0 Å². The summed E-state index contributed by atoms with van der Waals surface area (Å²) in [4.78, 5) is 9.32. The molecule has 2 N–H and O–H groups in total. The number of aromatic hydroxyl groups is 1. The van der Waals surface area contributed by atoms with Gasteiger partial charge in [0.05, 0.1) is 11.4 Å². The number of anilines is 2. The van der Waals surface area contributed by atoms with Gasteiger partial charge in [-0.15, -0.1) is 11.3 Å². The van der Waals surface area contributed by atoms with E-state index in [0.29, 0.717) is 0 Å². The molecule has 0 saturated heterocycles. The van der Waals surface area contributed by atoms with Gasteiger partial charge in [0.1, 0.15) is 17.1 Å². The first-order chi connectivity index (χ1) is 11.6. The van der Waals surface area contributed by atoms with Crippen molar-refractivity contribution in [3.05, 3.63) is 59.2 Å². The van der Waals surface area contributed by atoms with Crippen LogP contribution in [0.3, 0.4) is 0 Å². The Morgan fingerprint density at radius 1 is 1.08 bits per heavy atom. The Balaban J connectivity index is 1.70. The van der Waals surface area contributed by atoms with Gasteiger partial charge in [0.25, 0.3) is 0 Å². The molecule has 0 fully saturated rings. The van der Waals surface area contributed by atoms with Crippen LogP contribution in [0.5, 0.6) is 5.75 Å². The van der Waals surface area contributed by atoms with Crippen LogP contribution >= 0.6 is 11.3 Å². The molecule has 4 aromatic rings. The highest BCUT2D eigenvalue weighted by atomic mass is 32.1. The van der Waals surface area contributed by atoms with Crippen LogP contribution in [0.4, 0.5) is 10.8 Å². The first kappa shape index (κ1) is 14.7. The van der Waals surface area contributed by atoms with E-state index < -0.39 is 0 Å². The van der Waals surface area contributed by atoms with E-state index in [4.69, 9.17) is 0 Å². The Morgan fingerprint density at radius 2 is 1.88 bits per heavy atom. The maximum atomic E-state index is 9.35. The molecule has 0 aliphatic heterocycles. The summed E-state index contributed by atoms with van der Waals surface area (Å²) in [6, 6.07) is 11.1. The van der Waals surface area contributed by atoms with Crippen LogP contribution in [0, 0.1) is 13.8 Å². The number of nitrogens with one attached hydrogen (secondary N) is 1. The number of phenols is 1. The third-order valence-corrected chi connectivity index (χ3v) is 4.58. The highest BCUT2D eigenvalue weighted by molar-refractivity contribution is 7.14. The van der Waals surface area contributed by atoms with Crippen molar-refractivity contribution in [2.75, 3.05) is 5.32 Å². The Kier molecular flexibility index (Phi) is 3.46. The Labute approximate surface area is 143 Å². The molecular formula is C18H16N4OS. The monoisotopic (exact) mass is 336 g/mol. The number of nitrogens with zero attached hydrogens (tertiary/aromatic N) is 3. The fraction of sp³-hybridized carbons (Fsp3) is 0.111. The Bertz CT molecular complexity index is 1020. The zero-order valence-corrected chi connectivity index (χ0v) is 14.1. The fourth-order valence-electron chi connectivity index (χ4n) is 2.68. The number of benzene rings is 1. The van der Waals surface area contributed by atoms with Gasteiger partial charge in [0.2, 0.25) is 0 Å². The van der Waals surface area contributed by atoms with Gasteiger partial charge in [-0.1, -0.05) is 0 Å². The first-order valence-electron chi connectivity index (χ1n) is 7.57. The quantitative estimate of drug-likeness (QED) is 0.540. The average molecular weight is 336 g/mol. The topological polar surface area (TPSA) is 62.5 Å². The summed E-state index contributed by atoms with van der Waals surface area (Å²) in [5.74, 6) is 0.247. The maximum Gasteiger partial charge on any atom is 0.187 e. The smallest absolute Gasteiger partial charge is 0.187 e. The highest BCUT2D eigenvalue weighted by Gasteiger charge is 2.14. The number of aromatic nitrogens is 3. The molecule has 24 heavy (non-hydrogen) atoms. The summed E-state index contributed by atoms with van der Waals surface area (Å²) in [6.45, 7) is 4.07. The zero-order chi connectivity index (χ0) is 16.7. The zero-order valence-electron chi connectivity index (χ0n) is 13.3. The molecule has 0 amide bonds. The molecule has 0 atom stereocenters. The van der Waals surface area contributed by atoms with E-state index >= 15 is 0 Å². The van der Waals surface area contributed by atoms with E-state index in [2.05, 4.69) is 38.7 Å². The number of fused-ring (bicyclic) bond motifs is 1. The summed E-state index contributed by atoms with van der Waals surface area (Å²) in [5.41, 5.74) is 5.88. The van der Waals surface area contributed by atoms with Crippen LogP contribution in [0.2, 0.25) is 0 Å².